The number of nitrogens with one attached hydrogen (secondary N) is 2. The Balaban J connectivity index is 1.43. The van der Waals surface area contributed by atoms with Crippen LogP contribution in [0.1, 0.15) is 29.5 Å². The Morgan fingerprint density at radius 1 is 0.902 bits per heavy atom. The average molecular weight is 559 g/mol. The van der Waals surface area contributed by atoms with Crippen molar-refractivity contribution in [3.05, 3.63) is 105 Å². The number of hydrogen-bond donors (Lipinski definition) is 2. The lowest BCUT2D eigenvalue weighted by molar-refractivity contribution is 0.120. The third-order valence-electron chi connectivity index (χ3n) is 7.00. The standard InChI is InChI=1S/C30H34N6O5/c1-39-24-11-7-21(8-12-24)19-35-28(33-17-23-5-3-15-31-27(23)32-18-26-6-4-16-41-26)34-29(37)36(30(35)38)20-22-9-13-25(40-2)14-10-22/h3,5,7-15,26H,4,6,16-20H2,1-2H3,(H,31,32)(H,33,34,37). The molecule has 11 nitrogen and oxygen atoms in total. The molecule has 11 heteroatoms. The Hall–Kier alpha value is -4.64. The van der Waals surface area contributed by atoms with Gasteiger partial charge in [-0.2, -0.15) is 4.98 Å². The van der Waals surface area contributed by atoms with Crippen molar-refractivity contribution in [1.29, 1.82) is 0 Å². The van der Waals surface area contributed by atoms with Crippen LogP contribution in [0, 0.1) is 0 Å². The van der Waals surface area contributed by atoms with Crippen LogP contribution >= 0.6 is 0 Å². The Morgan fingerprint density at radius 3 is 2.17 bits per heavy atom. The Bertz CT molecular complexity index is 1560. The molecule has 0 saturated carbocycles. The highest BCUT2D eigenvalue weighted by Crippen LogP contribution is 2.18. The maximum absolute atomic E-state index is 13.8. The van der Waals surface area contributed by atoms with Gasteiger partial charge in [0.25, 0.3) is 0 Å². The summed E-state index contributed by atoms with van der Waals surface area (Å²) in [6.45, 7) is 2.03. The van der Waals surface area contributed by atoms with Gasteiger partial charge in [-0.05, 0) is 54.3 Å². The topological polar surface area (TPSA) is 122 Å². The fraction of sp³-hybridized carbons (Fsp3) is 0.333. The molecular weight excluding hydrogens is 524 g/mol. The predicted octanol–water partition coefficient (Wildman–Crippen LogP) is 3.12. The summed E-state index contributed by atoms with van der Waals surface area (Å²) < 4.78 is 18.8. The molecule has 1 atom stereocenters. The molecule has 0 amide bonds. The van der Waals surface area contributed by atoms with Crippen LogP contribution < -0.4 is 31.5 Å². The van der Waals surface area contributed by atoms with Crippen molar-refractivity contribution < 1.29 is 14.2 Å². The van der Waals surface area contributed by atoms with E-state index in [9.17, 15) is 9.59 Å². The number of anilines is 2. The van der Waals surface area contributed by atoms with E-state index in [1.165, 1.54) is 4.57 Å². The van der Waals surface area contributed by atoms with Gasteiger partial charge in [0, 0.05) is 31.5 Å². The van der Waals surface area contributed by atoms with E-state index in [4.69, 9.17) is 14.2 Å². The molecule has 41 heavy (non-hydrogen) atoms. The van der Waals surface area contributed by atoms with Crippen LogP contribution in [0.2, 0.25) is 0 Å². The summed E-state index contributed by atoms with van der Waals surface area (Å²) in [6, 6.07) is 18.4. The maximum atomic E-state index is 13.8. The summed E-state index contributed by atoms with van der Waals surface area (Å²) in [5.41, 5.74) is 1.40. The first-order chi connectivity index (χ1) is 20.0. The Labute approximate surface area is 237 Å². The lowest BCUT2D eigenvalue weighted by Gasteiger charge is -2.17. The first-order valence-electron chi connectivity index (χ1n) is 13.5. The zero-order valence-electron chi connectivity index (χ0n) is 23.2. The summed E-state index contributed by atoms with van der Waals surface area (Å²) in [5.74, 6) is 2.29. The molecule has 0 bridgehead atoms. The monoisotopic (exact) mass is 558 g/mol. The van der Waals surface area contributed by atoms with E-state index < -0.39 is 11.4 Å². The molecule has 4 aromatic rings. The highest BCUT2D eigenvalue weighted by atomic mass is 16.5. The number of rotatable bonds is 12. The highest BCUT2D eigenvalue weighted by Gasteiger charge is 2.17. The van der Waals surface area contributed by atoms with E-state index in [0.717, 1.165) is 40.7 Å². The predicted molar refractivity (Wildman–Crippen MR) is 156 cm³/mol. The molecule has 214 valence electrons. The second-order valence-corrected chi connectivity index (χ2v) is 9.75. The number of ether oxygens (including phenoxy) is 3. The molecule has 2 aromatic heterocycles. The molecular formula is C30H34N6O5. The molecule has 0 radical (unpaired) electrons. The van der Waals surface area contributed by atoms with E-state index in [2.05, 4.69) is 20.6 Å². The molecule has 0 aliphatic carbocycles. The molecule has 3 heterocycles. The quantitative estimate of drug-likeness (QED) is 0.270. The Kier molecular flexibility index (Phi) is 8.95. The molecule has 2 aromatic carbocycles. The smallest absolute Gasteiger partial charge is 0.355 e. The number of hydrogen-bond acceptors (Lipinski definition) is 9. The van der Waals surface area contributed by atoms with E-state index in [1.807, 2.05) is 48.5 Å². The van der Waals surface area contributed by atoms with Gasteiger partial charge in [-0.15, -0.1) is 0 Å². The van der Waals surface area contributed by atoms with Gasteiger partial charge in [-0.3, -0.25) is 4.57 Å². The van der Waals surface area contributed by atoms with Crippen molar-refractivity contribution in [1.82, 2.24) is 19.1 Å². The zero-order valence-corrected chi connectivity index (χ0v) is 23.2. The minimum absolute atomic E-state index is 0.0808. The van der Waals surface area contributed by atoms with Crippen LogP contribution in [0.15, 0.2) is 76.4 Å². The van der Waals surface area contributed by atoms with Crippen molar-refractivity contribution >= 4 is 11.8 Å². The van der Waals surface area contributed by atoms with Gasteiger partial charge in [0.1, 0.15) is 17.3 Å². The van der Waals surface area contributed by atoms with Crippen LogP contribution in [0.4, 0.5) is 11.8 Å². The molecule has 5 rings (SSSR count). The Morgan fingerprint density at radius 2 is 1.56 bits per heavy atom. The average Bonchev–Trinajstić information content (AvgIpc) is 3.53. The molecule has 1 fully saturated rings. The van der Waals surface area contributed by atoms with Gasteiger partial charge >= 0.3 is 11.4 Å². The second-order valence-electron chi connectivity index (χ2n) is 9.75. The summed E-state index contributed by atoms with van der Waals surface area (Å²) in [4.78, 5) is 35.7. The molecule has 1 aliphatic heterocycles. The minimum atomic E-state index is -0.637. The maximum Gasteiger partial charge on any atom is 0.355 e. The molecule has 0 spiro atoms. The largest absolute Gasteiger partial charge is 0.497 e. The number of nitrogens with zero attached hydrogens (tertiary/aromatic N) is 4. The van der Waals surface area contributed by atoms with Crippen molar-refractivity contribution in [3.8, 4) is 11.5 Å². The van der Waals surface area contributed by atoms with Crippen LogP contribution in [-0.4, -0.2) is 52.6 Å². The third-order valence-corrected chi connectivity index (χ3v) is 7.00. The second kappa shape index (κ2) is 13.1. The fourth-order valence-corrected chi connectivity index (χ4v) is 4.70. The zero-order chi connectivity index (χ0) is 28.6. The highest BCUT2D eigenvalue weighted by molar-refractivity contribution is 5.46. The minimum Gasteiger partial charge on any atom is -0.497 e. The van der Waals surface area contributed by atoms with Crippen LogP contribution in [0.3, 0.4) is 0 Å². The van der Waals surface area contributed by atoms with Crippen LogP contribution in [0.5, 0.6) is 11.5 Å². The van der Waals surface area contributed by atoms with Crippen molar-refractivity contribution in [2.45, 2.75) is 38.6 Å². The van der Waals surface area contributed by atoms with Gasteiger partial charge in [0.15, 0.2) is 0 Å². The summed E-state index contributed by atoms with van der Waals surface area (Å²) in [6.07, 6.45) is 3.96. The third kappa shape index (κ3) is 6.93. The summed E-state index contributed by atoms with van der Waals surface area (Å²) >= 11 is 0. The van der Waals surface area contributed by atoms with E-state index in [1.54, 1.807) is 32.5 Å². The number of benzene rings is 2. The van der Waals surface area contributed by atoms with Gasteiger partial charge in [-0.1, -0.05) is 30.3 Å². The first kappa shape index (κ1) is 27.9. The normalized spacial score (nSPS) is 14.5. The summed E-state index contributed by atoms with van der Waals surface area (Å²) in [5, 5.41) is 6.59. The van der Waals surface area contributed by atoms with E-state index in [-0.39, 0.29) is 25.1 Å². The first-order valence-corrected chi connectivity index (χ1v) is 13.5. The lowest BCUT2D eigenvalue weighted by Crippen LogP contribution is -2.43. The van der Waals surface area contributed by atoms with Crippen molar-refractivity contribution in [3.63, 3.8) is 0 Å². The number of aromatic nitrogens is 4. The van der Waals surface area contributed by atoms with Crippen molar-refractivity contribution in [2.24, 2.45) is 0 Å². The van der Waals surface area contributed by atoms with Crippen LogP contribution in [0.25, 0.3) is 0 Å². The van der Waals surface area contributed by atoms with Crippen LogP contribution in [-0.2, 0) is 24.4 Å². The number of pyridine rings is 1. The molecule has 2 N–H and O–H groups in total. The van der Waals surface area contributed by atoms with E-state index in [0.29, 0.717) is 30.4 Å². The van der Waals surface area contributed by atoms with Gasteiger partial charge in [0.05, 0.1) is 33.4 Å². The SMILES string of the molecule is COc1ccc(Cn2c(NCc3cccnc3NCC3CCCO3)nc(=O)n(Cc3ccc(OC)cc3)c2=O)cc1. The van der Waals surface area contributed by atoms with Gasteiger partial charge < -0.3 is 24.8 Å². The van der Waals surface area contributed by atoms with Gasteiger partial charge in [-0.25, -0.2) is 19.1 Å². The fourth-order valence-electron chi connectivity index (χ4n) is 4.70. The van der Waals surface area contributed by atoms with Crippen molar-refractivity contribution in [2.75, 3.05) is 38.0 Å². The number of methoxy groups -OCH3 is 2. The molecule has 1 aliphatic rings. The molecule has 1 unspecified atom stereocenters. The molecule has 1 saturated heterocycles. The summed E-state index contributed by atoms with van der Waals surface area (Å²) in [7, 11) is 3.18. The lowest BCUT2D eigenvalue weighted by atomic mass is 10.2. The van der Waals surface area contributed by atoms with E-state index >= 15 is 0 Å². The van der Waals surface area contributed by atoms with Gasteiger partial charge in [0.2, 0.25) is 5.95 Å².